The van der Waals surface area contributed by atoms with Crippen molar-refractivity contribution in [1.29, 1.82) is 0 Å². The summed E-state index contributed by atoms with van der Waals surface area (Å²) in [6.45, 7) is 4.74. The summed E-state index contributed by atoms with van der Waals surface area (Å²) in [5.41, 5.74) is 16.7. The summed E-state index contributed by atoms with van der Waals surface area (Å²) in [4.78, 5) is 5.22. The second-order valence-electron chi connectivity index (χ2n) is 14.7. The number of hydrogen-bond acceptors (Lipinski definition) is 2. The van der Waals surface area contributed by atoms with E-state index in [1.54, 1.807) is 0 Å². The molecule has 0 amide bonds. The first-order valence-corrected chi connectivity index (χ1v) is 18.3. The highest BCUT2D eigenvalue weighted by atomic mass is 16.3. The molecule has 3 nitrogen and oxygen atoms in total. The lowest BCUT2D eigenvalue weighted by atomic mass is 9.80. The first-order chi connectivity index (χ1) is 26.1. The summed E-state index contributed by atoms with van der Waals surface area (Å²) in [6.07, 6.45) is 0. The normalized spacial score (nSPS) is 13.2. The molecule has 0 atom stereocenters. The van der Waals surface area contributed by atoms with Gasteiger partial charge in [-0.15, -0.1) is 0 Å². The predicted octanol–water partition coefficient (Wildman–Crippen LogP) is 13.4. The van der Waals surface area contributed by atoms with Gasteiger partial charge in [0.1, 0.15) is 11.2 Å². The minimum absolute atomic E-state index is 0.220. The molecule has 0 aliphatic heterocycles. The monoisotopic (exact) mass is 678 g/mol. The molecule has 3 heteroatoms. The highest BCUT2D eigenvalue weighted by molar-refractivity contribution is 6.30. The Labute approximate surface area is 307 Å². The summed E-state index contributed by atoms with van der Waals surface area (Å²) in [7, 11) is 0. The van der Waals surface area contributed by atoms with Crippen LogP contribution in [-0.4, -0.2) is 9.55 Å². The Bertz CT molecular complexity index is 3000. The van der Waals surface area contributed by atoms with E-state index in [2.05, 4.69) is 182 Å². The van der Waals surface area contributed by atoms with Gasteiger partial charge in [0.15, 0.2) is 0 Å². The molecular weight excluding hydrogens is 645 g/mol. The highest BCUT2D eigenvalue weighted by Gasteiger charge is 2.41. The van der Waals surface area contributed by atoms with Crippen LogP contribution in [0.2, 0.25) is 0 Å². The first-order valence-electron chi connectivity index (χ1n) is 18.3. The van der Waals surface area contributed by atoms with Crippen molar-refractivity contribution in [3.05, 3.63) is 181 Å². The summed E-state index contributed by atoms with van der Waals surface area (Å²) in [5.74, 6) is 0. The molecule has 1 aliphatic rings. The van der Waals surface area contributed by atoms with E-state index in [9.17, 15) is 0 Å². The molecule has 0 unspecified atom stereocenters. The van der Waals surface area contributed by atoms with Gasteiger partial charge in [-0.1, -0.05) is 147 Å². The van der Waals surface area contributed by atoms with Crippen molar-refractivity contribution in [2.75, 3.05) is 0 Å². The zero-order valence-electron chi connectivity index (χ0n) is 29.5. The first kappa shape index (κ1) is 30.0. The summed E-state index contributed by atoms with van der Waals surface area (Å²) < 4.78 is 9.35. The van der Waals surface area contributed by atoms with E-state index < -0.39 is 0 Å². The van der Waals surface area contributed by atoms with E-state index in [0.29, 0.717) is 0 Å². The Morgan fingerprint density at radius 3 is 1.89 bits per heavy atom. The number of pyridine rings is 1. The molecule has 0 bridgehead atoms. The fraction of sp³-hybridized carbons (Fsp3) is 0.0600. The van der Waals surface area contributed by atoms with Crippen LogP contribution in [0.5, 0.6) is 0 Å². The second-order valence-corrected chi connectivity index (χ2v) is 14.7. The largest absolute Gasteiger partial charge is 0.455 e. The fourth-order valence-electron chi connectivity index (χ4n) is 8.97. The van der Waals surface area contributed by atoms with E-state index in [1.807, 2.05) is 6.07 Å². The lowest BCUT2D eigenvalue weighted by Crippen LogP contribution is -2.15. The van der Waals surface area contributed by atoms with Crippen molar-refractivity contribution in [3.8, 4) is 50.5 Å². The van der Waals surface area contributed by atoms with Gasteiger partial charge in [0.05, 0.1) is 27.8 Å². The van der Waals surface area contributed by atoms with Gasteiger partial charge in [-0.3, -0.25) is 0 Å². The molecule has 3 aromatic heterocycles. The maximum Gasteiger partial charge on any atom is 0.145 e. The van der Waals surface area contributed by atoms with Crippen LogP contribution in [-0.2, 0) is 5.41 Å². The van der Waals surface area contributed by atoms with Crippen LogP contribution in [0, 0.1) is 0 Å². The predicted molar refractivity (Wildman–Crippen MR) is 220 cm³/mol. The van der Waals surface area contributed by atoms with Crippen LogP contribution in [0.15, 0.2) is 174 Å². The van der Waals surface area contributed by atoms with Crippen molar-refractivity contribution in [3.63, 3.8) is 0 Å². The molecule has 0 fully saturated rings. The third kappa shape index (κ3) is 4.31. The number of para-hydroxylation sites is 2. The Morgan fingerprint density at radius 1 is 0.528 bits per heavy atom. The van der Waals surface area contributed by atoms with Crippen molar-refractivity contribution in [2.24, 2.45) is 0 Å². The Hall–Kier alpha value is -6.71. The van der Waals surface area contributed by atoms with Gasteiger partial charge in [-0.25, -0.2) is 4.98 Å². The molecule has 7 aromatic carbocycles. The molecule has 0 radical (unpaired) electrons. The van der Waals surface area contributed by atoms with Crippen LogP contribution in [0.4, 0.5) is 0 Å². The van der Waals surface area contributed by atoms with Gasteiger partial charge in [-0.05, 0) is 64.2 Å². The molecule has 0 saturated heterocycles. The second kappa shape index (κ2) is 11.1. The summed E-state index contributed by atoms with van der Waals surface area (Å²) >= 11 is 0. The number of fused-ring (bicyclic) bond motifs is 12. The lowest BCUT2D eigenvalue weighted by Gasteiger charge is -2.23. The lowest BCUT2D eigenvalue weighted by molar-refractivity contribution is 0.658. The van der Waals surface area contributed by atoms with Crippen molar-refractivity contribution < 1.29 is 4.42 Å². The average Bonchev–Trinajstić information content (AvgIpc) is 3.84. The molecule has 10 aromatic rings. The molecule has 0 saturated carbocycles. The zero-order valence-corrected chi connectivity index (χ0v) is 29.5. The molecule has 0 N–H and O–H groups in total. The van der Waals surface area contributed by atoms with E-state index in [1.165, 1.54) is 49.6 Å². The summed E-state index contributed by atoms with van der Waals surface area (Å²) in [6, 6.07) is 60.6. The van der Waals surface area contributed by atoms with E-state index >= 15 is 0 Å². The molecular formula is C50H34N2O. The van der Waals surface area contributed by atoms with Gasteiger partial charge in [0, 0.05) is 44.0 Å². The van der Waals surface area contributed by atoms with Crippen molar-refractivity contribution >= 4 is 43.7 Å². The minimum Gasteiger partial charge on any atom is -0.455 e. The van der Waals surface area contributed by atoms with Crippen molar-refractivity contribution in [2.45, 2.75) is 19.3 Å². The zero-order chi connectivity index (χ0) is 35.3. The van der Waals surface area contributed by atoms with Gasteiger partial charge < -0.3 is 8.98 Å². The Balaban J connectivity index is 1.18. The van der Waals surface area contributed by atoms with E-state index in [-0.39, 0.29) is 5.41 Å². The smallest absolute Gasteiger partial charge is 0.145 e. The van der Waals surface area contributed by atoms with E-state index in [4.69, 9.17) is 9.40 Å². The van der Waals surface area contributed by atoms with Crippen LogP contribution < -0.4 is 0 Å². The van der Waals surface area contributed by atoms with Gasteiger partial charge >= 0.3 is 0 Å². The van der Waals surface area contributed by atoms with Gasteiger partial charge in [0.2, 0.25) is 0 Å². The average molecular weight is 679 g/mol. The molecule has 0 spiro atoms. The van der Waals surface area contributed by atoms with Crippen LogP contribution in [0.1, 0.15) is 25.0 Å². The van der Waals surface area contributed by atoms with Crippen LogP contribution in [0.25, 0.3) is 94.2 Å². The highest BCUT2D eigenvalue weighted by Crippen LogP contribution is 2.57. The number of nitrogens with zero attached hydrogens (tertiary/aromatic N) is 2. The van der Waals surface area contributed by atoms with Crippen molar-refractivity contribution in [1.82, 2.24) is 9.55 Å². The fourth-order valence-corrected chi connectivity index (χ4v) is 8.97. The maximum absolute atomic E-state index is 6.89. The third-order valence-corrected chi connectivity index (χ3v) is 11.4. The molecule has 3 heterocycles. The summed E-state index contributed by atoms with van der Waals surface area (Å²) in [5, 5.41) is 4.84. The minimum atomic E-state index is -0.220. The Kier molecular flexibility index (Phi) is 6.30. The number of aromatic nitrogens is 2. The molecule has 11 rings (SSSR count). The number of hydrogen-bond donors (Lipinski definition) is 0. The number of furan rings is 1. The molecule has 250 valence electrons. The maximum atomic E-state index is 6.89. The quantitative estimate of drug-likeness (QED) is 0.185. The van der Waals surface area contributed by atoms with E-state index in [0.717, 1.165) is 55.7 Å². The van der Waals surface area contributed by atoms with Gasteiger partial charge in [0.25, 0.3) is 0 Å². The van der Waals surface area contributed by atoms with Crippen LogP contribution in [0.3, 0.4) is 0 Å². The topological polar surface area (TPSA) is 31.0 Å². The molecule has 53 heavy (non-hydrogen) atoms. The number of rotatable bonds is 4. The number of benzene rings is 7. The standard InChI is InChI=1S/C50H34N2O/c1-50(2)39-22-12-9-19-36(39)45-47(50)44-37-20-10-13-23-42(37)52(48(44)46-38-21-11-14-24-43(38)53-49(45)46)35-27-25-33(26-28-35)41-30-34(31-15-5-3-6-16-31)29-40(51-41)32-17-7-4-8-18-32/h3-30H,1-2H3. The SMILES string of the molecule is CC1(C)c2ccccc2-c2c1c1c3ccccc3n(-c3ccc(-c4cc(-c5ccccc5)cc(-c5ccccc5)n4)cc3)c1c1c2oc2ccccc21. The Morgan fingerprint density at radius 2 is 1.13 bits per heavy atom. The van der Waals surface area contributed by atoms with Crippen LogP contribution >= 0.6 is 0 Å². The molecule has 1 aliphatic carbocycles. The van der Waals surface area contributed by atoms with Gasteiger partial charge in [-0.2, -0.15) is 0 Å². The third-order valence-electron chi connectivity index (χ3n) is 11.4.